The van der Waals surface area contributed by atoms with Gasteiger partial charge in [-0.05, 0) is 23.5 Å². The fraction of sp³-hybridized carbons (Fsp3) is 0.545. The minimum atomic E-state index is -0.884. The van der Waals surface area contributed by atoms with Crippen LogP contribution >= 0.6 is 0 Å². The first-order valence-corrected chi connectivity index (χ1v) is 10.1. The van der Waals surface area contributed by atoms with Crippen LogP contribution in [0.1, 0.15) is 56.2 Å². The Morgan fingerprint density at radius 3 is 2.60 bits per heavy atom. The monoisotopic (exact) mass is 418 g/mol. The summed E-state index contributed by atoms with van der Waals surface area (Å²) >= 11 is 0. The standard InChI is InChI=1S/C22H30N2O6/c1-13-7-5-6-8-15(13)19(22(2,3)4)29-12-14-10-24(21(28)23-20(14)27)18-9-16(26)17(11-25)30-18/h5-8,10,16-19,25-26H,9,11-12H2,1-4H3,(H,23,27,28)/t16-,17+,18+,19?/m0/s1. The van der Waals surface area contributed by atoms with E-state index >= 15 is 0 Å². The molecule has 164 valence electrons. The van der Waals surface area contributed by atoms with Crippen molar-refractivity contribution in [2.75, 3.05) is 6.61 Å². The van der Waals surface area contributed by atoms with Crippen LogP contribution in [0, 0.1) is 12.3 Å². The Bertz CT molecular complexity index is 990. The first-order valence-electron chi connectivity index (χ1n) is 10.1. The van der Waals surface area contributed by atoms with Crippen molar-refractivity contribution in [3.63, 3.8) is 0 Å². The van der Waals surface area contributed by atoms with E-state index < -0.39 is 29.7 Å². The molecule has 3 N–H and O–H groups in total. The molecular formula is C22H30N2O6. The molecule has 0 radical (unpaired) electrons. The third-order valence-electron chi connectivity index (χ3n) is 5.40. The van der Waals surface area contributed by atoms with Gasteiger partial charge in [-0.1, -0.05) is 45.0 Å². The highest BCUT2D eigenvalue weighted by molar-refractivity contribution is 5.29. The number of aromatic amines is 1. The van der Waals surface area contributed by atoms with Gasteiger partial charge >= 0.3 is 5.69 Å². The lowest BCUT2D eigenvalue weighted by atomic mass is 9.83. The molecule has 1 unspecified atom stereocenters. The molecule has 1 aromatic carbocycles. The van der Waals surface area contributed by atoms with Crippen molar-refractivity contribution in [1.82, 2.24) is 9.55 Å². The van der Waals surface area contributed by atoms with Gasteiger partial charge in [0.2, 0.25) is 0 Å². The van der Waals surface area contributed by atoms with E-state index in [4.69, 9.17) is 9.47 Å². The molecule has 3 rings (SSSR count). The minimum absolute atomic E-state index is 0.00455. The third kappa shape index (κ3) is 4.73. The largest absolute Gasteiger partial charge is 0.394 e. The first-order chi connectivity index (χ1) is 14.1. The van der Waals surface area contributed by atoms with Crippen LogP contribution in [0.25, 0.3) is 0 Å². The van der Waals surface area contributed by atoms with Gasteiger partial charge in [-0.3, -0.25) is 14.3 Å². The Labute approximate surface area is 175 Å². The van der Waals surface area contributed by atoms with Crippen molar-refractivity contribution in [3.8, 4) is 0 Å². The number of benzene rings is 1. The number of aromatic nitrogens is 2. The van der Waals surface area contributed by atoms with E-state index in [9.17, 15) is 19.8 Å². The first kappa shape index (κ1) is 22.4. The molecule has 1 aliphatic heterocycles. The van der Waals surface area contributed by atoms with Crippen LogP contribution < -0.4 is 11.2 Å². The second-order valence-electron chi connectivity index (χ2n) is 8.85. The van der Waals surface area contributed by atoms with E-state index in [-0.39, 0.29) is 36.7 Å². The number of nitrogens with zero attached hydrogens (tertiary/aromatic N) is 1. The minimum Gasteiger partial charge on any atom is -0.394 e. The van der Waals surface area contributed by atoms with Gasteiger partial charge in [0.1, 0.15) is 12.3 Å². The lowest BCUT2D eigenvalue weighted by molar-refractivity contribution is -0.0471. The molecule has 8 heteroatoms. The van der Waals surface area contributed by atoms with Crippen molar-refractivity contribution in [2.45, 2.75) is 65.3 Å². The van der Waals surface area contributed by atoms with Crippen LogP contribution in [0.4, 0.5) is 0 Å². The number of hydrogen-bond donors (Lipinski definition) is 3. The van der Waals surface area contributed by atoms with Gasteiger partial charge in [-0.15, -0.1) is 0 Å². The number of rotatable bonds is 6. The van der Waals surface area contributed by atoms with Gasteiger partial charge in [0, 0.05) is 12.6 Å². The molecule has 0 bridgehead atoms. The average Bonchev–Trinajstić information content (AvgIpc) is 3.04. The van der Waals surface area contributed by atoms with Crippen LogP contribution in [0.15, 0.2) is 40.1 Å². The molecule has 0 spiro atoms. The summed E-state index contributed by atoms with van der Waals surface area (Å²) in [4.78, 5) is 27.0. The van der Waals surface area contributed by atoms with E-state index in [0.29, 0.717) is 0 Å². The Balaban J connectivity index is 1.86. The summed E-state index contributed by atoms with van der Waals surface area (Å²) in [7, 11) is 0. The number of aliphatic hydroxyl groups excluding tert-OH is 2. The van der Waals surface area contributed by atoms with Gasteiger partial charge < -0.3 is 19.7 Å². The zero-order valence-corrected chi connectivity index (χ0v) is 17.8. The van der Waals surface area contributed by atoms with Gasteiger partial charge in [0.05, 0.1) is 31.0 Å². The summed E-state index contributed by atoms with van der Waals surface area (Å²) in [5, 5.41) is 19.2. The lowest BCUT2D eigenvalue weighted by Crippen LogP contribution is -2.35. The number of nitrogens with one attached hydrogen (secondary N) is 1. The molecule has 0 aliphatic carbocycles. The maximum atomic E-state index is 12.4. The second-order valence-corrected chi connectivity index (χ2v) is 8.85. The highest BCUT2D eigenvalue weighted by Gasteiger charge is 2.35. The van der Waals surface area contributed by atoms with Crippen molar-refractivity contribution in [1.29, 1.82) is 0 Å². The summed E-state index contributed by atoms with van der Waals surface area (Å²) in [6.07, 6.45) is -1.12. The van der Waals surface area contributed by atoms with Gasteiger partial charge in [0.25, 0.3) is 5.56 Å². The lowest BCUT2D eigenvalue weighted by Gasteiger charge is -2.32. The summed E-state index contributed by atoms with van der Waals surface area (Å²) < 4.78 is 13.0. The number of hydrogen-bond acceptors (Lipinski definition) is 6. The topological polar surface area (TPSA) is 114 Å². The highest BCUT2D eigenvalue weighted by atomic mass is 16.5. The zero-order chi connectivity index (χ0) is 22.1. The Morgan fingerprint density at radius 2 is 2.00 bits per heavy atom. The molecule has 8 nitrogen and oxygen atoms in total. The number of aryl methyl sites for hydroxylation is 1. The zero-order valence-electron chi connectivity index (χ0n) is 17.8. The number of ether oxygens (including phenoxy) is 2. The van der Waals surface area contributed by atoms with Crippen molar-refractivity contribution in [3.05, 3.63) is 68.0 Å². The summed E-state index contributed by atoms with van der Waals surface area (Å²) in [5.41, 5.74) is 1.04. The van der Waals surface area contributed by atoms with E-state index in [0.717, 1.165) is 11.1 Å². The van der Waals surface area contributed by atoms with Crippen LogP contribution in [0.5, 0.6) is 0 Å². The molecule has 1 saturated heterocycles. The van der Waals surface area contributed by atoms with E-state index in [2.05, 4.69) is 25.8 Å². The molecule has 1 aromatic heterocycles. The molecule has 1 fully saturated rings. The van der Waals surface area contributed by atoms with Gasteiger partial charge in [0.15, 0.2) is 0 Å². The van der Waals surface area contributed by atoms with Crippen LogP contribution in [-0.4, -0.2) is 38.6 Å². The Morgan fingerprint density at radius 1 is 1.30 bits per heavy atom. The third-order valence-corrected chi connectivity index (χ3v) is 5.40. The van der Waals surface area contributed by atoms with E-state index in [1.165, 1.54) is 10.8 Å². The molecular weight excluding hydrogens is 388 g/mol. The summed E-state index contributed by atoms with van der Waals surface area (Å²) in [6, 6.07) is 7.95. The van der Waals surface area contributed by atoms with Gasteiger partial charge in [-0.25, -0.2) is 4.79 Å². The molecule has 2 heterocycles. The van der Waals surface area contributed by atoms with E-state index in [1.54, 1.807) is 0 Å². The quantitative estimate of drug-likeness (QED) is 0.659. The highest BCUT2D eigenvalue weighted by Crippen LogP contribution is 2.38. The fourth-order valence-electron chi connectivity index (χ4n) is 3.75. The Kier molecular flexibility index (Phi) is 6.62. The van der Waals surface area contributed by atoms with Crippen LogP contribution in [0.2, 0.25) is 0 Å². The SMILES string of the molecule is Cc1ccccc1C(OCc1cn([C@H]2C[C@H](O)[C@@H](CO)O2)c(=O)[nH]c1=O)C(C)(C)C. The summed E-state index contributed by atoms with van der Waals surface area (Å²) in [6.45, 7) is 7.87. The number of H-pyrrole nitrogens is 1. The maximum Gasteiger partial charge on any atom is 0.330 e. The maximum absolute atomic E-state index is 12.4. The fourth-order valence-corrected chi connectivity index (χ4v) is 3.75. The summed E-state index contributed by atoms with van der Waals surface area (Å²) in [5.74, 6) is 0. The average molecular weight is 418 g/mol. The second kappa shape index (κ2) is 8.85. The smallest absolute Gasteiger partial charge is 0.330 e. The normalized spacial score (nSPS) is 22.9. The molecule has 30 heavy (non-hydrogen) atoms. The van der Waals surface area contributed by atoms with Crippen molar-refractivity contribution in [2.24, 2.45) is 5.41 Å². The van der Waals surface area contributed by atoms with Crippen molar-refractivity contribution >= 4 is 0 Å². The molecule has 1 aliphatic rings. The molecule has 4 atom stereocenters. The molecule has 0 saturated carbocycles. The van der Waals surface area contributed by atoms with Crippen LogP contribution in [-0.2, 0) is 16.1 Å². The predicted octanol–water partition coefficient (Wildman–Crippen LogP) is 1.79. The molecule has 0 amide bonds. The number of aliphatic hydroxyl groups is 2. The van der Waals surface area contributed by atoms with Gasteiger partial charge in [-0.2, -0.15) is 0 Å². The Hall–Kier alpha value is -2.26. The van der Waals surface area contributed by atoms with Crippen LogP contribution in [0.3, 0.4) is 0 Å². The predicted molar refractivity (Wildman–Crippen MR) is 111 cm³/mol. The van der Waals surface area contributed by atoms with Crippen molar-refractivity contribution < 1.29 is 19.7 Å². The van der Waals surface area contributed by atoms with E-state index in [1.807, 2.05) is 31.2 Å². The molecule has 2 aromatic rings.